The first kappa shape index (κ1) is 21.3. The Bertz CT molecular complexity index is 1170. The molecule has 32 heavy (non-hydrogen) atoms. The highest BCUT2D eigenvalue weighted by Crippen LogP contribution is 2.16. The van der Waals surface area contributed by atoms with Crippen LogP contribution in [0.4, 0.5) is 5.69 Å². The molecule has 0 atom stereocenters. The Balaban J connectivity index is 1.53. The molecule has 4 rings (SSSR count). The van der Waals surface area contributed by atoms with Crippen LogP contribution in [0, 0.1) is 6.92 Å². The number of aromatic amines is 1. The van der Waals surface area contributed by atoms with E-state index in [2.05, 4.69) is 34.3 Å². The molecule has 0 radical (unpaired) electrons. The van der Waals surface area contributed by atoms with Gasteiger partial charge in [0.1, 0.15) is 5.75 Å². The summed E-state index contributed by atoms with van der Waals surface area (Å²) in [5, 5.41) is 4.40. The number of aryl methyl sites for hydroxylation is 1. The van der Waals surface area contributed by atoms with Crippen molar-refractivity contribution >= 4 is 28.8 Å². The standard InChI is InChI=1S/C26H27N5O/c1-3-4-17-32-22-15-11-20(12-16-22)18-27-31-26(28-21-13-9-19(2)10-14-21)25-29-23-7-5-6-8-24(23)30-25/h5-16,18H,3-4,17H2,1-2H3,(H,28,31)(H,29,30)/b27-18-. The van der Waals surface area contributed by atoms with Crippen LogP contribution in [0.5, 0.6) is 5.75 Å². The molecule has 0 fully saturated rings. The van der Waals surface area contributed by atoms with Crippen LogP contribution in [-0.2, 0) is 0 Å². The van der Waals surface area contributed by atoms with Gasteiger partial charge in [-0.1, -0.05) is 43.2 Å². The summed E-state index contributed by atoms with van der Waals surface area (Å²) >= 11 is 0. The highest BCUT2D eigenvalue weighted by atomic mass is 16.5. The molecule has 2 N–H and O–H groups in total. The molecule has 0 bridgehead atoms. The van der Waals surface area contributed by atoms with E-state index >= 15 is 0 Å². The first-order valence-electron chi connectivity index (χ1n) is 10.8. The Hall–Kier alpha value is -3.93. The normalized spacial score (nSPS) is 11.9. The third kappa shape index (κ3) is 5.60. The number of rotatable bonds is 8. The number of nitrogens with zero attached hydrogens (tertiary/aromatic N) is 3. The lowest BCUT2D eigenvalue weighted by molar-refractivity contribution is 0.309. The Kier molecular flexibility index (Phi) is 6.92. The number of ether oxygens (including phenoxy) is 1. The van der Waals surface area contributed by atoms with Crippen LogP contribution in [0.15, 0.2) is 82.9 Å². The summed E-state index contributed by atoms with van der Waals surface area (Å²) < 4.78 is 5.71. The number of hydrogen-bond acceptors (Lipinski definition) is 4. The summed E-state index contributed by atoms with van der Waals surface area (Å²) in [4.78, 5) is 12.7. The number of para-hydroxylation sites is 2. The second-order valence-corrected chi connectivity index (χ2v) is 7.54. The van der Waals surface area contributed by atoms with Gasteiger partial charge in [-0.2, -0.15) is 5.10 Å². The van der Waals surface area contributed by atoms with Gasteiger partial charge in [-0.3, -0.25) is 5.43 Å². The van der Waals surface area contributed by atoms with Gasteiger partial charge in [0.05, 0.1) is 29.5 Å². The number of fused-ring (bicyclic) bond motifs is 1. The van der Waals surface area contributed by atoms with E-state index in [1.165, 1.54) is 5.56 Å². The number of H-pyrrole nitrogens is 1. The highest BCUT2D eigenvalue weighted by Gasteiger charge is 2.09. The first-order valence-corrected chi connectivity index (χ1v) is 10.8. The van der Waals surface area contributed by atoms with Gasteiger partial charge < -0.3 is 9.72 Å². The lowest BCUT2D eigenvalue weighted by atomic mass is 10.2. The lowest BCUT2D eigenvalue weighted by Crippen LogP contribution is -2.20. The van der Waals surface area contributed by atoms with E-state index in [1.54, 1.807) is 6.21 Å². The second kappa shape index (κ2) is 10.4. The number of nitrogens with one attached hydrogen (secondary N) is 2. The summed E-state index contributed by atoms with van der Waals surface area (Å²) in [6, 6.07) is 23.8. The number of hydrazone groups is 1. The molecule has 0 aliphatic carbocycles. The van der Waals surface area contributed by atoms with Crippen molar-refractivity contribution in [3.63, 3.8) is 0 Å². The number of aromatic nitrogens is 2. The molecule has 0 spiro atoms. The highest BCUT2D eigenvalue weighted by molar-refractivity contribution is 6.00. The van der Waals surface area contributed by atoms with E-state index in [0.717, 1.165) is 47.5 Å². The Morgan fingerprint density at radius 2 is 1.81 bits per heavy atom. The molecule has 6 nitrogen and oxygen atoms in total. The molecule has 4 aromatic rings. The molecule has 162 valence electrons. The van der Waals surface area contributed by atoms with Crippen LogP contribution >= 0.6 is 0 Å². The molecule has 1 aromatic heterocycles. The maximum Gasteiger partial charge on any atom is 0.190 e. The summed E-state index contributed by atoms with van der Waals surface area (Å²) in [6.45, 7) is 4.94. The Morgan fingerprint density at radius 1 is 1.03 bits per heavy atom. The van der Waals surface area contributed by atoms with Crippen molar-refractivity contribution in [1.29, 1.82) is 0 Å². The third-order valence-corrected chi connectivity index (χ3v) is 4.92. The fourth-order valence-corrected chi connectivity index (χ4v) is 3.10. The van der Waals surface area contributed by atoms with Crippen molar-refractivity contribution in [2.45, 2.75) is 26.7 Å². The summed E-state index contributed by atoms with van der Waals surface area (Å²) in [6.07, 6.45) is 3.93. The lowest BCUT2D eigenvalue weighted by Gasteiger charge is -2.05. The van der Waals surface area contributed by atoms with Gasteiger partial charge >= 0.3 is 0 Å². The van der Waals surface area contributed by atoms with Gasteiger partial charge in [0.25, 0.3) is 0 Å². The number of unbranched alkanes of at least 4 members (excludes halogenated alkanes) is 1. The molecule has 0 aliphatic heterocycles. The average molecular weight is 426 g/mol. The van der Waals surface area contributed by atoms with Crippen LogP contribution in [0.3, 0.4) is 0 Å². The van der Waals surface area contributed by atoms with E-state index in [1.807, 2.05) is 72.8 Å². The predicted octanol–water partition coefficient (Wildman–Crippen LogP) is 5.75. The van der Waals surface area contributed by atoms with E-state index in [0.29, 0.717) is 11.7 Å². The minimum Gasteiger partial charge on any atom is -0.494 e. The zero-order chi connectivity index (χ0) is 22.2. The van der Waals surface area contributed by atoms with E-state index in [9.17, 15) is 0 Å². The predicted molar refractivity (Wildman–Crippen MR) is 131 cm³/mol. The maximum atomic E-state index is 5.71. The average Bonchev–Trinajstić information content (AvgIpc) is 3.25. The number of aliphatic imine (C=N–C) groups is 1. The fourth-order valence-electron chi connectivity index (χ4n) is 3.10. The van der Waals surface area contributed by atoms with Crippen molar-refractivity contribution in [3.8, 4) is 5.75 Å². The van der Waals surface area contributed by atoms with Crippen molar-refractivity contribution in [2.24, 2.45) is 10.1 Å². The maximum absolute atomic E-state index is 5.71. The molecule has 0 amide bonds. The molecular formula is C26H27N5O. The molecule has 0 unspecified atom stereocenters. The zero-order valence-corrected chi connectivity index (χ0v) is 18.4. The monoisotopic (exact) mass is 425 g/mol. The van der Waals surface area contributed by atoms with E-state index in [4.69, 9.17) is 9.73 Å². The van der Waals surface area contributed by atoms with Gasteiger partial charge in [-0.25, -0.2) is 9.98 Å². The summed E-state index contributed by atoms with van der Waals surface area (Å²) in [5.74, 6) is 2.04. The first-order chi connectivity index (χ1) is 15.7. The number of amidine groups is 1. The molecule has 0 aliphatic rings. The largest absolute Gasteiger partial charge is 0.494 e. The fraction of sp³-hybridized carbons (Fsp3) is 0.192. The van der Waals surface area contributed by atoms with Crippen molar-refractivity contribution in [1.82, 2.24) is 15.4 Å². The smallest absolute Gasteiger partial charge is 0.190 e. The molecule has 3 aromatic carbocycles. The van der Waals surface area contributed by atoms with E-state index in [-0.39, 0.29) is 0 Å². The minimum absolute atomic E-state index is 0.542. The summed E-state index contributed by atoms with van der Waals surface area (Å²) in [5.41, 5.74) is 7.85. The number of hydrogen-bond donors (Lipinski definition) is 2. The molecular weight excluding hydrogens is 398 g/mol. The van der Waals surface area contributed by atoms with Crippen molar-refractivity contribution in [2.75, 3.05) is 6.61 Å². The van der Waals surface area contributed by atoms with Crippen LogP contribution in [0.25, 0.3) is 11.0 Å². The minimum atomic E-state index is 0.542. The van der Waals surface area contributed by atoms with Gasteiger partial charge in [0, 0.05) is 0 Å². The van der Waals surface area contributed by atoms with Crippen LogP contribution in [-0.4, -0.2) is 28.6 Å². The summed E-state index contributed by atoms with van der Waals surface area (Å²) in [7, 11) is 0. The Morgan fingerprint density at radius 3 is 2.56 bits per heavy atom. The van der Waals surface area contributed by atoms with Crippen LogP contribution in [0.2, 0.25) is 0 Å². The second-order valence-electron chi connectivity index (χ2n) is 7.54. The zero-order valence-electron chi connectivity index (χ0n) is 18.4. The molecule has 0 saturated carbocycles. The van der Waals surface area contributed by atoms with Gasteiger partial charge in [0.2, 0.25) is 0 Å². The number of imidazole rings is 1. The van der Waals surface area contributed by atoms with Crippen LogP contribution in [0.1, 0.15) is 36.7 Å². The SMILES string of the molecule is CCCCOc1ccc(/C=N\NC(=Nc2ccc(C)cc2)c2nc3ccccc3[nH]2)cc1. The Labute approximate surface area is 188 Å². The molecule has 1 heterocycles. The number of benzene rings is 3. The topological polar surface area (TPSA) is 74.7 Å². The quantitative estimate of drug-likeness (QED) is 0.163. The molecule has 6 heteroatoms. The van der Waals surface area contributed by atoms with Crippen molar-refractivity contribution < 1.29 is 4.74 Å². The van der Waals surface area contributed by atoms with Gasteiger partial charge in [-0.05, 0) is 67.4 Å². The van der Waals surface area contributed by atoms with Crippen molar-refractivity contribution in [3.05, 3.63) is 89.7 Å². The van der Waals surface area contributed by atoms with Crippen LogP contribution < -0.4 is 10.2 Å². The van der Waals surface area contributed by atoms with E-state index < -0.39 is 0 Å². The van der Waals surface area contributed by atoms with Gasteiger partial charge in [0.15, 0.2) is 11.7 Å². The molecule has 0 saturated heterocycles. The third-order valence-electron chi connectivity index (χ3n) is 4.92. The van der Waals surface area contributed by atoms with Gasteiger partial charge in [-0.15, -0.1) is 0 Å².